The summed E-state index contributed by atoms with van der Waals surface area (Å²) >= 11 is 0. The highest BCUT2D eigenvalue weighted by atomic mass is 16.4. The lowest BCUT2D eigenvalue weighted by atomic mass is 10.0. The summed E-state index contributed by atoms with van der Waals surface area (Å²) in [7, 11) is 0. The molecule has 0 aliphatic rings. The second-order valence-corrected chi connectivity index (χ2v) is 8.72. The molecule has 0 aromatic heterocycles. The predicted octanol–water partition coefficient (Wildman–Crippen LogP) is -1.51. The number of amides is 4. The number of carboxylic acids is 2. The van der Waals surface area contributed by atoms with Crippen LogP contribution in [0.3, 0.4) is 0 Å². The van der Waals surface area contributed by atoms with Gasteiger partial charge in [-0.15, -0.1) is 0 Å². The number of hydrogen-bond donors (Lipinski definition) is 7. The largest absolute Gasteiger partial charge is 0.481 e. The number of carbonyl (C=O) groups is 6. The van der Waals surface area contributed by atoms with Crippen molar-refractivity contribution >= 4 is 35.6 Å². The summed E-state index contributed by atoms with van der Waals surface area (Å²) < 4.78 is 0. The van der Waals surface area contributed by atoms with Gasteiger partial charge >= 0.3 is 11.9 Å². The fraction of sp³-hybridized carbons (Fsp3) is 0.478. The third kappa shape index (κ3) is 11.0. The Morgan fingerprint density at radius 1 is 0.806 bits per heavy atom. The Morgan fingerprint density at radius 3 is 1.83 bits per heavy atom. The lowest BCUT2D eigenvalue weighted by molar-refractivity contribution is -0.143. The van der Waals surface area contributed by atoms with Crippen molar-refractivity contribution in [2.24, 2.45) is 17.4 Å². The van der Waals surface area contributed by atoms with Crippen molar-refractivity contribution in [3.8, 4) is 0 Å². The highest BCUT2D eigenvalue weighted by Gasteiger charge is 2.31. The number of nitrogens with two attached hydrogens (primary N) is 2. The molecule has 4 atom stereocenters. The number of nitrogens with one attached hydrogen (secondary N) is 3. The fourth-order valence-corrected chi connectivity index (χ4v) is 3.27. The van der Waals surface area contributed by atoms with Gasteiger partial charge in [-0.3, -0.25) is 24.0 Å². The van der Waals surface area contributed by atoms with Crippen molar-refractivity contribution < 1.29 is 39.0 Å². The van der Waals surface area contributed by atoms with Gasteiger partial charge in [-0.2, -0.15) is 0 Å². The molecule has 4 amide bonds. The molecule has 0 fully saturated rings. The van der Waals surface area contributed by atoms with Gasteiger partial charge in [0.15, 0.2) is 0 Å². The van der Waals surface area contributed by atoms with Crippen LogP contribution in [0.1, 0.15) is 38.7 Å². The van der Waals surface area contributed by atoms with Crippen LogP contribution in [0.25, 0.3) is 0 Å². The van der Waals surface area contributed by atoms with Gasteiger partial charge in [0.05, 0.1) is 18.9 Å². The highest BCUT2D eigenvalue weighted by Crippen LogP contribution is 2.08. The Labute approximate surface area is 208 Å². The normalized spacial score (nSPS) is 14.1. The van der Waals surface area contributed by atoms with Gasteiger partial charge < -0.3 is 37.6 Å². The maximum Gasteiger partial charge on any atom is 0.326 e. The van der Waals surface area contributed by atoms with E-state index >= 15 is 0 Å². The summed E-state index contributed by atoms with van der Waals surface area (Å²) in [5, 5.41) is 25.3. The number of carbonyl (C=O) groups excluding carboxylic acids is 4. The van der Waals surface area contributed by atoms with Crippen LogP contribution in [-0.4, -0.2) is 69.9 Å². The van der Waals surface area contributed by atoms with Crippen LogP contribution in [0.15, 0.2) is 30.3 Å². The van der Waals surface area contributed by atoms with Crippen LogP contribution in [0.5, 0.6) is 0 Å². The number of hydrogen-bond acceptors (Lipinski definition) is 7. The molecule has 0 aliphatic heterocycles. The first kappa shape index (κ1) is 30.0. The molecule has 13 heteroatoms. The van der Waals surface area contributed by atoms with Crippen LogP contribution in [0.2, 0.25) is 0 Å². The van der Waals surface area contributed by atoms with E-state index in [0.29, 0.717) is 5.56 Å². The molecular formula is C23H33N5O8. The van der Waals surface area contributed by atoms with E-state index in [2.05, 4.69) is 16.0 Å². The monoisotopic (exact) mass is 507 g/mol. The number of rotatable bonds is 15. The number of carboxylic acid groups (broad SMARTS) is 2. The van der Waals surface area contributed by atoms with E-state index in [1.165, 1.54) is 0 Å². The minimum atomic E-state index is -1.55. The Bertz CT molecular complexity index is 953. The zero-order chi connectivity index (χ0) is 27.4. The SMILES string of the molecule is CC(C)CC(NC(=O)C(Cc1ccccc1)NC(=O)C(CC(N)=O)NC(=O)C(N)CC(=O)O)C(=O)O. The molecule has 1 rings (SSSR count). The van der Waals surface area contributed by atoms with E-state index in [0.717, 1.165) is 0 Å². The maximum atomic E-state index is 13.0. The minimum absolute atomic E-state index is 0.0256. The maximum absolute atomic E-state index is 13.0. The van der Waals surface area contributed by atoms with Crippen LogP contribution in [-0.2, 0) is 35.2 Å². The third-order valence-corrected chi connectivity index (χ3v) is 5.01. The summed E-state index contributed by atoms with van der Waals surface area (Å²) in [5.74, 6) is -6.34. The van der Waals surface area contributed by atoms with Crippen LogP contribution in [0, 0.1) is 5.92 Å². The predicted molar refractivity (Wildman–Crippen MR) is 127 cm³/mol. The summed E-state index contributed by atoms with van der Waals surface area (Å²) in [6.45, 7) is 3.58. The molecule has 1 aromatic carbocycles. The van der Waals surface area contributed by atoms with E-state index in [9.17, 15) is 33.9 Å². The minimum Gasteiger partial charge on any atom is -0.481 e. The molecule has 0 heterocycles. The molecule has 4 unspecified atom stereocenters. The van der Waals surface area contributed by atoms with Gasteiger partial charge in [-0.05, 0) is 17.9 Å². The first-order valence-electron chi connectivity index (χ1n) is 11.2. The molecule has 198 valence electrons. The Balaban J connectivity index is 3.13. The van der Waals surface area contributed by atoms with E-state index < -0.39 is 72.6 Å². The van der Waals surface area contributed by atoms with Gasteiger partial charge in [0, 0.05) is 6.42 Å². The molecule has 36 heavy (non-hydrogen) atoms. The molecule has 0 bridgehead atoms. The summed E-state index contributed by atoms with van der Waals surface area (Å²) in [5.41, 5.74) is 11.3. The van der Waals surface area contributed by atoms with Gasteiger partial charge in [-0.1, -0.05) is 44.2 Å². The molecule has 0 radical (unpaired) electrons. The van der Waals surface area contributed by atoms with Crippen molar-refractivity contribution in [1.29, 1.82) is 0 Å². The summed E-state index contributed by atoms with van der Waals surface area (Å²) in [4.78, 5) is 72.1. The van der Waals surface area contributed by atoms with Crippen LogP contribution >= 0.6 is 0 Å². The molecule has 9 N–H and O–H groups in total. The first-order chi connectivity index (χ1) is 16.8. The van der Waals surface area contributed by atoms with Crippen LogP contribution < -0.4 is 27.4 Å². The smallest absolute Gasteiger partial charge is 0.326 e. The Kier molecular flexibility index (Phi) is 12.0. The quantitative estimate of drug-likeness (QED) is 0.146. The molecule has 0 aliphatic carbocycles. The van der Waals surface area contributed by atoms with E-state index in [1.807, 2.05) is 0 Å². The molecule has 1 aromatic rings. The topological polar surface area (TPSA) is 231 Å². The standard InChI is InChI=1S/C23H33N5O8/c1-12(2)8-17(23(35)36)28-21(33)15(9-13-6-4-3-5-7-13)27-22(34)16(11-18(25)29)26-20(32)14(24)10-19(30)31/h3-7,12,14-17H,8-11,24H2,1-2H3,(H2,25,29)(H,26,32)(H,27,34)(H,28,33)(H,30,31)(H,35,36). The second kappa shape index (κ2) is 14.4. The van der Waals surface area contributed by atoms with Gasteiger partial charge in [0.2, 0.25) is 23.6 Å². The summed E-state index contributed by atoms with van der Waals surface area (Å²) in [6.07, 6.45) is -1.25. The van der Waals surface area contributed by atoms with E-state index in [1.54, 1.807) is 44.2 Å². The zero-order valence-corrected chi connectivity index (χ0v) is 20.1. The number of primary amides is 1. The Morgan fingerprint density at radius 2 is 1.33 bits per heavy atom. The number of benzene rings is 1. The average Bonchev–Trinajstić information content (AvgIpc) is 2.77. The van der Waals surface area contributed by atoms with Crippen molar-refractivity contribution in [1.82, 2.24) is 16.0 Å². The molecule has 0 saturated heterocycles. The van der Waals surface area contributed by atoms with Gasteiger partial charge in [0.25, 0.3) is 0 Å². The first-order valence-corrected chi connectivity index (χ1v) is 11.2. The average molecular weight is 508 g/mol. The molecular weight excluding hydrogens is 474 g/mol. The van der Waals surface area contributed by atoms with Crippen molar-refractivity contribution in [3.63, 3.8) is 0 Å². The summed E-state index contributed by atoms with van der Waals surface area (Å²) in [6, 6.07) is 3.05. The molecule has 13 nitrogen and oxygen atoms in total. The highest BCUT2D eigenvalue weighted by molar-refractivity contribution is 5.96. The van der Waals surface area contributed by atoms with Crippen molar-refractivity contribution in [2.45, 2.75) is 63.7 Å². The van der Waals surface area contributed by atoms with Crippen LogP contribution in [0.4, 0.5) is 0 Å². The zero-order valence-electron chi connectivity index (χ0n) is 20.1. The second-order valence-electron chi connectivity index (χ2n) is 8.72. The number of aliphatic carboxylic acids is 2. The Hall–Kier alpha value is -4.00. The lowest BCUT2D eigenvalue weighted by Gasteiger charge is -2.25. The molecule has 0 saturated carbocycles. The van der Waals surface area contributed by atoms with E-state index in [-0.39, 0.29) is 18.8 Å². The van der Waals surface area contributed by atoms with Crippen molar-refractivity contribution in [2.75, 3.05) is 0 Å². The lowest BCUT2D eigenvalue weighted by Crippen LogP contribution is -2.58. The third-order valence-electron chi connectivity index (χ3n) is 5.01. The molecule has 0 spiro atoms. The fourth-order valence-electron chi connectivity index (χ4n) is 3.27. The van der Waals surface area contributed by atoms with E-state index in [4.69, 9.17) is 16.6 Å². The van der Waals surface area contributed by atoms with Gasteiger partial charge in [-0.25, -0.2) is 4.79 Å². The van der Waals surface area contributed by atoms with Crippen molar-refractivity contribution in [3.05, 3.63) is 35.9 Å². The van der Waals surface area contributed by atoms with Gasteiger partial charge in [0.1, 0.15) is 18.1 Å².